The van der Waals surface area contributed by atoms with Crippen LogP contribution in [0, 0.1) is 0 Å². The summed E-state index contributed by atoms with van der Waals surface area (Å²) in [6.07, 6.45) is 11.8. The van der Waals surface area contributed by atoms with Crippen molar-refractivity contribution >= 4 is 11.9 Å². The second-order valence-corrected chi connectivity index (χ2v) is 7.24. The zero-order chi connectivity index (χ0) is 18.7. The molecule has 1 aromatic rings. The second kappa shape index (κ2) is 11.1. The normalized spacial score (nSPS) is 19.8. The standard InChI is InChI=1S/C20H34N6O/c1-2-21-19(24-12-17-27-18-8-5-3-4-6-9-18)25-13-15-26(16-14-25)20-22-10-7-11-23-20/h7,10-11,18H,2-6,8-9,12-17H2,1H3,(H,21,24). The number of hydrogen-bond acceptors (Lipinski definition) is 5. The van der Waals surface area contributed by atoms with Gasteiger partial charge in [-0.25, -0.2) is 9.97 Å². The van der Waals surface area contributed by atoms with Crippen LogP contribution >= 0.6 is 0 Å². The number of nitrogens with zero attached hydrogens (tertiary/aromatic N) is 5. The molecule has 2 heterocycles. The highest BCUT2D eigenvalue weighted by Gasteiger charge is 2.21. The highest BCUT2D eigenvalue weighted by molar-refractivity contribution is 5.80. The van der Waals surface area contributed by atoms with E-state index in [9.17, 15) is 0 Å². The number of anilines is 1. The maximum atomic E-state index is 6.08. The van der Waals surface area contributed by atoms with Gasteiger partial charge in [0.05, 0.1) is 19.3 Å². The zero-order valence-corrected chi connectivity index (χ0v) is 16.6. The van der Waals surface area contributed by atoms with Crippen LogP contribution in [0.15, 0.2) is 23.5 Å². The third-order valence-corrected chi connectivity index (χ3v) is 5.26. The van der Waals surface area contributed by atoms with E-state index < -0.39 is 0 Å². The monoisotopic (exact) mass is 374 g/mol. The summed E-state index contributed by atoms with van der Waals surface area (Å²) in [4.78, 5) is 18.1. The van der Waals surface area contributed by atoms with Gasteiger partial charge in [-0.15, -0.1) is 0 Å². The number of guanidine groups is 1. The maximum Gasteiger partial charge on any atom is 0.225 e. The third kappa shape index (κ3) is 6.34. The first-order chi connectivity index (χ1) is 13.4. The van der Waals surface area contributed by atoms with Gasteiger partial charge in [-0.2, -0.15) is 0 Å². The smallest absolute Gasteiger partial charge is 0.225 e. The fourth-order valence-corrected chi connectivity index (χ4v) is 3.78. The van der Waals surface area contributed by atoms with E-state index >= 15 is 0 Å². The Morgan fingerprint density at radius 3 is 2.48 bits per heavy atom. The highest BCUT2D eigenvalue weighted by Crippen LogP contribution is 2.19. The molecule has 7 nitrogen and oxygen atoms in total. The number of aliphatic imine (C=N–C) groups is 1. The molecule has 1 aromatic heterocycles. The van der Waals surface area contributed by atoms with Crippen LogP contribution in [-0.4, -0.2) is 72.8 Å². The number of ether oxygens (including phenoxy) is 1. The predicted molar refractivity (Wildman–Crippen MR) is 109 cm³/mol. The van der Waals surface area contributed by atoms with Gasteiger partial charge in [-0.05, 0) is 25.8 Å². The number of piperazine rings is 1. The minimum absolute atomic E-state index is 0.444. The van der Waals surface area contributed by atoms with Gasteiger partial charge in [0.25, 0.3) is 0 Å². The second-order valence-electron chi connectivity index (χ2n) is 7.24. The first-order valence-electron chi connectivity index (χ1n) is 10.5. The summed E-state index contributed by atoms with van der Waals surface area (Å²) < 4.78 is 6.08. The van der Waals surface area contributed by atoms with Crippen molar-refractivity contribution in [3.63, 3.8) is 0 Å². The van der Waals surface area contributed by atoms with E-state index in [1.165, 1.54) is 38.5 Å². The molecule has 1 aliphatic heterocycles. The van der Waals surface area contributed by atoms with Crippen molar-refractivity contribution < 1.29 is 4.74 Å². The lowest BCUT2D eigenvalue weighted by Gasteiger charge is -2.36. The molecule has 0 unspecified atom stereocenters. The van der Waals surface area contributed by atoms with Crippen molar-refractivity contribution in [2.45, 2.75) is 51.6 Å². The predicted octanol–water partition coefficient (Wildman–Crippen LogP) is 2.30. The molecule has 150 valence electrons. The fourth-order valence-electron chi connectivity index (χ4n) is 3.78. The molecule has 0 atom stereocenters. The summed E-state index contributed by atoms with van der Waals surface area (Å²) in [6.45, 7) is 8.11. The quantitative estimate of drug-likeness (QED) is 0.357. The van der Waals surface area contributed by atoms with Crippen molar-refractivity contribution in [3.05, 3.63) is 18.5 Å². The van der Waals surface area contributed by atoms with E-state index in [-0.39, 0.29) is 0 Å². The van der Waals surface area contributed by atoms with Crippen molar-refractivity contribution in [3.8, 4) is 0 Å². The molecule has 0 bridgehead atoms. The van der Waals surface area contributed by atoms with Gasteiger partial charge in [0.15, 0.2) is 5.96 Å². The van der Waals surface area contributed by atoms with E-state index in [1.807, 2.05) is 6.07 Å². The lowest BCUT2D eigenvalue weighted by molar-refractivity contribution is 0.0486. The molecule has 27 heavy (non-hydrogen) atoms. The molecule has 1 N–H and O–H groups in total. The Morgan fingerprint density at radius 1 is 1.11 bits per heavy atom. The van der Waals surface area contributed by atoms with Crippen LogP contribution in [0.4, 0.5) is 5.95 Å². The number of nitrogens with one attached hydrogen (secondary N) is 1. The Balaban J connectivity index is 1.44. The molecule has 1 saturated carbocycles. The molecule has 2 fully saturated rings. The van der Waals surface area contributed by atoms with Crippen LogP contribution in [0.2, 0.25) is 0 Å². The van der Waals surface area contributed by atoms with Gasteiger partial charge >= 0.3 is 0 Å². The molecular formula is C20H34N6O. The van der Waals surface area contributed by atoms with Crippen molar-refractivity contribution in [2.24, 2.45) is 4.99 Å². The first-order valence-corrected chi connectivity index (χ1v) is 10.5. The Kier molecular flexibility index (Phi) is 8.14. The van der Waals surface area contributed by atoms with E-state index in [4.69, 9.17) is 9.73 Å². The highest BCUT2D eigenvalue weighted by atomic mass is 16.5. The lowest BCUT2D eigenvalue weighted by atomic mass is 10.1. The Morgan fingerprint density at radius 2 is 1.81 bits per heavy atom. The van der Waals surface area contributed by atoms with Crippen LogP contribution in [0.5, 0.6) is 0 Å². The van der Waals surface area contributed by atoms with Crippen molar-refractivity contribution in [1.82, 2.24) is 20.2 Å². The van der Waals surface area contributed by atoms with Crippen LogP contribution in [0.25, 0.3) is 0 Å². The minimum atomic E-state index is 0.444. The Labute approximate surface area is 163 Å². The molecule has 2 aliphatic rings. The summed E-state index contributed by atoms with van der Waals surface area (Å²) in [7, 11) is 0. The van der Waals surface area contributed by atoms with Gasteiger partial charge in [0, 0.05) is 45.1 Å². The molecule has 3 rings (SSSR count). The summed E-state index contributed by atoms with van der Waals surface area (Å²) >= 11 is 0. The van der Waals surface area contributed by atoms with E-state index in [2.05, 4.69) is 32.0 Å². The average Bonchev–Trinajstić information content (AvgIpc) is 3.00. The van der Waals surface area contributed by atoms with Crippen LogP contribution in [-0.2, 0) is 4.74 Å². The molecular weight excluding hydrogens is 340 g/mol. The molecule has 0 amide bonds. The van der Waals surface area contributed by atoms with Crippen LogP contribution in [0.3, 0.4) is 0 Å². The fraction of sp³-hybridized carbons (Fsp3) is 0.750. The SMILES string of the molecule is CCNC(=NCCOC1CCCCCC1)N1CCN(c2ncccn2)CC1. The summed E-state index contributed by atoms with van der Waals surface area (Å²) in [5.41, 5.74) is 0. The van der Waals surface area contributed by atoms with Crippen LogP contribution < -0.4 is 10.2 Å². The van der Waals surface area contributed by atoms with Gasteiger partial charge in [0.2, 0.25) is 5.95 Å². The lowest BCUT2D eigenvalue weighted by Crippen LogP contribution is -2.53. The van der Waals surface area contributed by atoms with Gasteiger partial charge in [0.1, 0.15) is 0 Å². The van der Waals surface area contributed by atoms with E-state index in [0.29, 0.717) is 6.10 Å². The minimum Gasteiger partial charge on any atom is -0.376 e. The van der Waals surface area contributed by atoms with Gasteiger partial charge < -0.3 is 19.9 Å². The van der Waals surface area contributed by atoms with Gasteiger partial charge in [-0.1, -0.05) is 25.7 Å². The molecule has 1 saturated heterocycles. The van der Waals surface area contributed by atoms with Crippen molar-refractivity contribution in [2.75, 3.05) is 50.8 Å². The first kappa shape index (κ1) is 19.9. The largest absolute Gasteiger partial charge is 0.376 e. The zero-order valence-electron chi connectivity index (χ0n) is 16.6. The summed E-state index contributed by atoms with van der Waals surface area (Å²) in [6, 6.07) is 1.85. The van der Waals surface area contributed by atoms with E-state index in [1.54, 1.807) is 12.4 Å². The summed E-state index contributed by atoms with van der Waals surface area (Å²) in [5, 5.41) is 3.43. The number of hydrogen-bond donors (Lipinski definition) is 1. The van der Waals surface area contributed by atoms with Crippen LogP contribution in [0.1, 0.15) is 45.4 Å². The Bertz CT molecular complexity index is 551. The molecule has 0 aromatic carbocycles. The van der Waals surface area contributed by atoms with Gasteiger partial charge in [-0.3, -0.25) is 4.99 Å². The van der Waals surface area contributed by atoms with E-state index in [0.717, 1.165) is 57.8 Å². The Hall–Kier alpha value is -1.89. The maximum absolute atomic E-state index is 6.08. The summed E-state index contributed by atoms with van der Waals surface area (Å²) in [5.74, 6) is 1.81. The number of aromatic nitrogens is 2. The topological polar surface area (TPSA) is 65.9 Å². The van der Waals surface area contributed by atoms with Crippen molar-refractivity contribution in [1.29, 1.82) is 0 Å². The number of rotatable bonds is 6. The third-order valence-electron chi connectivity index (χ3n) is 5.26. The molecule has 7 heteroatoms. The molecule has 0 spiro atoms. The molecule has 1 aliphatic carbocycles. The average molecular weight is 375 g/mol. The molecule has 0 radical (unpaired) electrons.